The molecule has 3 atom stereocenters. The number of rotatable bonds is 6. The first-order valence-corrected chi connectivity index (χ1v) is 11.8. The number of fused-ring (bicyclic) bond motifs is 1. The number of nitriles is 1. The van der Waals surface area contributed by atoms with Gasteiger partial charge in [0.25, 0.3) is 5.56 Å². The van der Waals surface area contributed by atoms with Crippen LogP contribution in [0.25, 0.3) is 11.0 Å². The minimum Gasteiger partial charge on any atom is -0.395 e. The quantitative estimate of drug-likeness (QED) is 0.538. The van der Waals surface area contributed by atoms with E-state index in [1.807, 2.05) is 13.8 Å². The largest absolute Gasteiger partial charge is 0.395 e. The number of aromatic nitrogens is 2. The molecular formula is C26H29FN6O3. The molecule has 0 saturated carbocycles. The summed E-state index contributed by atoms with van der Waals surface area (Å²) in [6.45, 7) is 4.90. The predicted molar refractivity (Wildman–Crippen MR) is 134 cm³/mol. The van der Waals surface area contributed by atoms with E-state index in [1.165, 1.54) is 16.7 Å². The number of aliphatic hydroxyl groups excluding tert-OH is 1. The fourth-order valence-corrected chi connectivity index (χ4v) is 4.86. The smallest absolute Gasteiger partial charge is 0.252 e. The maximum absolute atomic E-state index is 13.6. The van der Waals surface area contributed by atoms with E-state index < -0.39 is 6.04 Å². The summed E-state index contributed by atoms with van der Waals surface area (Å²) in [5.74, 6) is -0.663. The third-order valence-corrected chi connectivity index (χ3v) is 6.70. The number of pyridine rings is 2. The lowest BCUT2D eigenvalue weighted by molar-refractivity contribution is -0.128. The second-order valence-corrected chi connectivity index (χ2v) is 9.12. The molecule has 0 radical (unpaired) electrons. The van der Waals surface area contributed by atoms with Crippen LogP contribution < -0.4 is 15.8 Å². The highest BCUT2D eigenvalue weighted by atomic mass is 19.1. The first-order valence-electron chi connectivity index (χ1n) is 11.8. The molecule has 36 heavy (non-hydrogen) atoms. The molecule has 3 heterocycles. The van der Waals surface area contributed by atoms with E-state index in [2.05, 4.69) is 26.2 Å². The Morgan fingerprint density at radius 1 is 1.22 bits per heavy atom. The van der Waals surface area contributed by atoms with Crippen molar-refractivity contribution in [1.82, 2.24) is 19.8 Å². The Kier molecular flexibility index (Phi) is 7.33. The molecule has 188 valence electrons. The van der Waals surface area contributed by atoms with E-state index in [9.17, 15) is 24.3 Å². The number of halogens is 1. The van der Waals surface area contributed by atoms with Crippen LogP contribution in [0.3, 0.4) is 0 Å². The number of nitrogens with zero attached hydrogens (tertiary/aromatic N) is 5. The lowest BCUT2D eigenvalue weighted by Crippen LogP contribution is -2.59. The van der Waals surface area contributed by atoms with Gasteiger partial charge in [0.2, 0.25) is 5.91 Å². The lowest BCUT2D eigenvalue weighted by atomic mass is 9.98. The molecule has 3 aromatic rings. The van der Waals surface area contributed by atoms with Gasteiger partial charge < -0.3 is 19.9 Å². The van der Waals surface area contributed by atoms with E-state index in [-0.39, 0.29) is 48.2 Å². The molecule has 2 N–H and O–H groups in total. The number of anilines is 1. The van der Waals surface area contributed by atoms with Crippen LogP contribution in [0.5, 0.6) is 0 Å². The summed E-state index contributed by atoms with van der Waals surface area (Å²) in [7, 11) is 1.67. The average molecular weight is 493 g/mol. The fourth-order valence-electron chi connectivity index (χ4n) is 4.86. The Morgan fingerprint density at radius 3 is 2.61 bits per heavy atom. The van der Waals surface area contributed by atoms with Gasteiger partial charge in [-0.15, -0.1) is 0 Å². The molecule has 1 aliphatic heterocycles. The van der Waals surface area contributed by atoms with Gasteiger partial charge in [0.1, 0.15) is 29.1 Å². The van der Waals surface area contributed by atoms with E-state index in [4.69, 9.17) is 0 Å². The zero-order chi connectivity index (χ0) is 26.0. The Balaban J connectivity index is 1.71. The standard InChI is InChI=1S/C26H29FN6O3/c1-16-15-33(25(26(36)29-10-11-34)18-4-6-19(27)7-5-18)17(2)14-32(16)22-12-23(35)31(3)21-9-8-20(13-28)30-24(21)22/h4-9,12,16-17,25,34H,10-11,14-15H2,1-3H3,(H,29,36)/t16-,17+,25?/m0/s1. The molecule has 1 fully saturated rings. The van der Waals surface area contributed by atoms with Crippen molar-refractivity contribution in [2.24, 2.45) is 7.05 Å². The van der Waals surface area contributed by atoms with Crippen molar-refractivity contribution in [3.05, 3.63) is 69.9 Å². The van der Waals surface area contributed by atoms with Gasteiger partial charge >= 0.3 is 0 Å². The van der Waals surface area contributed by atoms with Gasteiger partial charge in [0.15, 0.2) is 0 Å². The Bertz CT molecular complexity index is 1370. The molecule has 0 bridgehead atoms. The van der Waals surface area contributed by atoms with Gasteiger partial charge in [-0.25, -0.2) is 9.37 Å². The van der Waals surface area contributed by atoms with Gasteiger partial charge in [-0.1, -0.05) is 12.1 Å². The summed E-state index contributed by atoms with van der Waals surface area (Å²) < 4.78 is 15.1. The number of aryl methyl sites for hydroxylation is 1. The third kappa shape index (κ3) is 4.80. The minimum atomic E-state index is -0.680. The average Bonchev–Trinajstić information content (AvgIpc) is 2.87. The van der Waals surface area contributed by atoms with Gasteiger partial charge in [0, 0.05) is 44.8 Å². The van der Waals surface area contributed by atoms with Crippen molar-refractivity contribution < 1.29 is 14.3 Å². The third-order valence-electron chi connectivity index (χ3n) is 6.70. The summed E-state index contributed by atoms with van der Waals surface area (Å²) in [5.41, 5.74) is 2.58. The summed E-state index contributed by atoms with van der Waals surface area (Å²) in [6.07, 6.45) is 0. The minimum absolute atomic E-state index is 0.113. The number of hydrogen-bond acceptors (Lipinski definition) is 7. The van der Waals surface area contributed by atoms with Crippen molar-refractivity contribution in [3.8, 4) is 6.07 Å². The van der Waals surface area contributed by atoms with Gasteiger partial charge in [0.05, 0.1) is 17.8 Å². The normalized spacial score (nSPS) is 19.2. The fraction of sp³-hybridized carbons (Fsp3) is 0.385. The Labute approximate surface area is 208 Å². The van der Waals surface area contributed by atoms with Crippen molar-refractivity contribution in [1.29, 1.82) is 5.26 Å². The maximum Gasteiger partial charge on any atom is 0.252 e. The summed E-state index contributed by atoms with van der Waals surface area (Å²) in [4.78, 5) is 34.6. The van der Waals surface area contributed by atoms with Crippen LogP contribution in [-0.2, 0) is 11.8 Å². The molecular weight excluding hydrogens is 463 g/mol. The monoisotopic (exact) mass is 492 g/mol. The molecule has 1 aromatic carbocycles. The number of piperazine rings is 1. The van der Waals surface area contributed by atoms with E-state index in [0.29, 0.717) is 35.4 Å². The van der Waals surface area contributed by atoms with Crippen molar-refractivity contribution in [3.63, 3.8) is 0 Å². The maximum atomic E-state index is 13.6. The van der Waals surface area contributed by atoms with Crippen LogP contribution in [0.2, 0.25) is 0 Å². The van der Waals surface area contributed by atoms with Crippen LogP contribution in [0.15, 0.2) is 47.3 Å². The highest BCUT2D eigenvalue weighted by molar-refractivity contribution is 5.89. The molecule has 0 aliphatic carbocycles. The van der Waals surface area contributed by atoms with Crippen molar-refractivity contribution >= 4 is 22.6 Å². The van der Waals surface area contributed by atoms with Gasteiger partial charge in [-0.2, -0.15) is 5.26 Å². The van der Waals surface area contributed by atoms with Crippen molar-refractivity contribution in [2.45, 2.75) is 32.0 Å². The number of carbonyl (C=O) groups excluding carboxylic acids is 1. The summed E-state index contributed by atoms with van der Waals surface area (Å²) >= 11 is 0. The highest BCUT2D eigenvalue weighted by Gasteiger charge is 2.38. The zero-order valence-electron chi connectivity index (χ0n) is 20.5. The number of carbonyl (C=O) groups is 1. The van der Waals surface area contributed by atoms with Crippen LogP contribution in [0.4, 0.5) is 10.1 Å². The first-order chi connectivity index (χ1) is 17.2. The van der Waals surface area contributed by atoms with Crippen LogP contribution in [0.1, 0.15) is 31.1 Å². The number of aliphatic hydroxyl groups is 1. The topological polar surface area (TPSA) is 114 Å². The zero-order valence-corrected chi connectivity index (χ0v) is 20.5. The first kappa shape index (κ1) is 25.3. The molecule has 4 rings (SSSR count). The Hall–Kier alpha value is -3.81. The molecule has 10 heteroatoms. The number of hydrogen-bond donors (Lipinski definition) is 2. The molecule has 2 aromatic heterocycles. The molecule has 9 nitrogen and oxygen atoms in total. The SMILES string of the molecule is C[C@@H]1CN(c2cc(=O)n(C)c3ccc(C#N)nc23)[C@@H](C)CN1C(C(=O)NCCO)c1ccc(F)cc1. The van der Waals surface area contributed by atoms with Crippen LogP contribution in [-0.4, -0.2) is 63.8 Å². The van der Waals surface area contributed by atoms with Gasteiger partial charge in [-0.05, 0) is 43.7 Å². The van der Waals surface area contributed by atoms with Crippen LogP contribution >= 0.6 is 0 Å². The summed E-state index contributed by atoms with van der Waals surface area (Å²) in [6, 6.07) is 11.9. The predicted octanol–water partition coefficient (Wildman–Crippen LogP) is 1.69. The highest BCUT2D eigenvalue weighted by Crippen LogP contribution is 2.33. The second-order valence-electron chi connectivity index (χ2n) is 9.12. The van der Waals surface area contributed by atoms with Gasteiger partial charge in [-0.3, -0.25) is 14.5 Å². The van der Waals surface area contributed by atoms with E-state index in [1.54, 1.807) is 37.4 Å². The van der Waals surface area contributed by atoms with Crippen LogP contribution in [0, 0.1) is 17.1 Å². The second kappa shape index (κ2) is 10.4. The molecule has 1 aliphatic rings. The summed E-state index contributed by atoms with van der Waals surface area (Å²) in [5, 5.41) is 21.3. The molecule has 0 spiro atoms. The molecule has 1 saturated heterocycles. The number of amides is 1. The van der Waals surface area contributed by atoms with E-state index >= 15 is 0 Å². The molecule has 1 unspecified atom stereocenters. The van der Waals surface area contributed by atoms with E-state index in [0.717, 1.165) is 0 Å². The number of benzene rings is 1. The van der Waals surface area contributed by atoms with Crippen molar-refractivity contribution in [2.75, 3.05) is 31.1 Å². The number of nitrogens with one attached hydrogen (secondary N) is 1. The lowest BCUT2D eigenvalue weighted by Gasteiger charge is -2.48. The Morgan fingerprint density at radius 2 is 1.94 bits per heavy atom. The molecule has 1 amide bonds.